The minimum Gasteiger partial charge on any atom is -0.278 e. The summed E-state index contributed by atoms with van der Waals surface area (Å²) >= 11 is 7.23. The fraction of sp³-hybridized carbons (Fsp3) is 0.0526. The van der Waals surface area contributed by atoms with E-state index in [1.165, 1.54) is 16.3 Å². The summed E-state index contributed by atoms with van der Waals surface area (Å²) in [4.78, 5) is 17.3. The first-order valence-corrected chi connectivity index (χ1v) is 9.38. The molecule has 0 aliphatic carbocycles. The summed E-state index contributed by atoms with van der Waals surface area (Å²) in [5.74, 6) is -0.317. The van der Waals surface area contributed by atoms with Crippen LogP contribution in [0.1, 0.15) is 6.92 Å². The summed E-state index contributed by atoms with van der Waals surface area (Å²) < 4.78 is 0. The van der Waals surface area contributed by atoms with Crippen LogP contribution in [0, 0.1) is 0 Å². The standard InChI is InChI=1S/C19H14ClN5OS/c1-12-17(23-22-15-9-7-14(20)8-10-15)18(26)25(24-12)19-21-16(11-27-19)13-5-3-2-4-6-13/h2-11,22H,1H3/b23-17-. The van der Waals surface area contributed by atoms with Crippen molar-refractivity contribution in [1.82, 2.24) is 4.98 Å². The zero-order valence-electron chi connectivity index (χ0n) is 14.3. The van der Waals surface area contributed by atoms with Crippen molar-refractivity contribution in [3.8, 4) is 11.3 Å². The highest BCUT2D eigenvalue weighted by molar-refractivity contribution is 7.14. The number of rotatable bonds is 4. The van der Waals surface area contributed by atoms with E-state index in [1.54, 1.807) is 31.2 Å². The van der Waals surface area contributed by atoms with Crippen LogP contribution in [0.4, 0.5) is 10.8 Å². The number of anilines is 2. The molecule has 134 valence electrons. The molecule has 0 fully saturated rings. The molecule has 0 saturated heterocycles. The number of aromatic nitrogens is 1. The van der Waals surface area contributed by atoms with E-state index in [1.807, 2.05) is 35.7 Å². The van der Waals surface area contributed by atoms with Crippen molar-refractivity contribution in [2.45, 2.75) is 6.92 Å². The molecule has 2 heterocycles. The highest BCUT2D eigenvalue weighted by Gasteiger charge is 2.32. The summed E-state index contributed by atoms with van der Waals surface area (Å²) in [5.41, 5.74) is 6.16. The smallest absolute Gasteiger partial charge is 0.278 e. The van der Waals surface area contributed by atoms with Crippen LogP contribution in [0.25, 0.3) is 11.3 Å². The minimum absolute atomic E-state index is 0.251. The lowest BCUT2D eigenvalue weighted by atomic mass is 10.2. The third-order valence-electron chi connectivity index (χ3n) is 3.87. The number of nitrogens with one attached hydrogen (secondary N) is 1. The Balaban J connectivity index is 1.54. The lowest BCUT2D eigenvalue weighted by Gasteiger charge is -2.06. The van der Waals surface area contributed by atoms with Crippen molar-refractivity contribution in [1.29, 1.82) is 0 Å². The van der Waals surface area contributed by atoms with E-state index in [0.717, 1.165) is 16.9 Å². The van der Waals surface area contributed by atoms with Crippen LogP contribution in [-0.4, -0.2) is 22.3 Å². The SMILES string of the molecule is CC1=NN(c2nc(-c3ccccc3)cs2)C(=O)/C1=N\Nc1ccc(Cl)cc1. The molecule has 0 spiro atoms. The Bertz CT molecular complexity index is 1040. The molecule has 8 heteroatoms. The lowest BCUT2D eigenvalue weighted by molar-refractivity contribution is -0.112. The van der Waals surface area contributed by atoms with Gasteiger partial charge in [-0.05, 0) is 31.2 Å². The Morgan fingerprint density at radius 1 is 1.11 bits per heavy atom. The molecule has 1 N–H and O–H groups in total. The molecule has 27 heavy (non-hydrogen) atoms. The lowest BCUT2D eigenvalue weighted by Crippen LogP contribution is -2.27. The molecule has 1 amide bonds. The number of hydrogen-bond acceptors (Lipinski definition) is 6. The summed E-state index contributed by atoms with van der Waals surface area (Å²) in [7, 11) is 0. The van der Waals surface area contributed by atoms with Crippen molar-refractivity contribution in [3.05, 3.63) is 65.0 Å². The maximum absolute atomic E-state index is 12.7. The van der Waals surface area contributed by atoms with Crippen molar-refractivity contribution in [3.63, 3.8) is 0 Å². The number of amides is 1. The number of benzene rings is 2. The van der Waals surface area contributed by atoms with Crippen LogP contribution < -0.4 is 10.4 Å². The third kappa shape index (κ3) is 3.60. The summed E-state index contributed by atoms with van der Waals surface area (Å²) in [6.07, 6.45) is 0. The number of carbonyl (C=O) groups is 1. The quantitative estimate of drug-likeness (QED) is 0.653. The van der Waals surface area contributed by atoms with E-state index >= 15 is 0 Å². The summed E-state index contributed by atoms with van der Waals surface area (Å²) in [6, 6.07) is 16.8. The van der Waals surface area contributed by atoms with E-state index in [4.69, 9.17) is 11.6 Å². The number of hydrogen-bond donors (Lipinski definition) is 1. The first kappa shape index (κ1) is 17.4. The molecule has 6 nitrogen and oxygen atoms in total. The Labute approximate surface area is 164 Å². The number of halogens is 1. The first-order valence-electron chi connectivity index (χ1n) is 8.12. The Morgan fingerprint density at radius 2 is 1.85 bits per heavy atom. The summed E-state index contributed by atoms with van der Waals surface area (Å²) in [6.45, 7) is 1.74. The fourth-order valence-electron chi connectivity index (χ4n) is 2.50. The first-order chi connectivity index (χ1) is 13.1. The van der Waals surface area contributed by atoms with Gasteiger partial charge in [-0.1, -0.05) is 41.9 Å². The van der Waals surface area contributed by atoms with Gasteiger partial charge >= 0.3 is 5.91 Å². The molecular weight excluding hydrogens is 382 g/mol. The molecule has 0 atom stereocenters. The molecule has 2 aromatic carbocycles. The van der Waals surface area contributed by atoms with Crippen molar-refractivity contribution in [2.75, 3.05) is 10.4 Å². The van der Waals surface area contributed by atoms with E-state index in [9.17, 15) is 4.79 Å². The van der Waals surface area contributed by atoms with Crippen LogP contribution in [0.15, 0.2) is 70.2 Å². The molecule has 1 aromatic heterocycles. The molecular formula is C19H14ClN5OS. The molecule has 0 bridgehead atoms. The second-order valence-corrected chi connectivity index (χ2v) is 7.04. The van der Waals surface area contributed by atoms with E-state index < -0.39 is 0 Å². The zero-order valence-corrected chi connectivity index (χ0v) is 15.8. The third-order valence-corrected chi connectivity index (χ3v) is 4.94. The average molecular weight is 396 g/mol. The van der Waals surface area contributed by atoms with Gasteiger partial charge in [-0.15, -0.1) is 11.3 Å². The van der Waals surface area contributed by atoms with Crippen LogP contribution in [0.2, 0.25) is 5.02 Å². The molecule has 1 aliphatic heterocycles. The Kier molecular flexibility index (Phi) is 4.70. The van der Waals surface area contributed by atoms with Gasteiger partial charge in [0.25, 0.3) is 0 Å². The van der Waals surface area contributed by atoms with E-state index in [-0.39, 0.29) is 11.6 Å². The highest BCUT2D eigenvalue weighted by atomic mass is 35.5. The molecule has 0 radical (unpaired) electrons. The minimum atomic E-state index is -0.317. The summed E-state index contributed by atoms with van der Waals surface area (Å²) in [5, 5.41) is 12.8. The van der Waals surface area contributed by atoms with Gasteiger partial charge in [-0.3, -0.25) is 10.2 Å². The number of nitrogens with zero attached hydrogens (tertiary/aromatic N) is 4. The monoisotopic (exact) mass is 395 g/mol. The predicted molar refractivity (Wildman–Crippen MR) is 111 cm³/mol. The van der Waals surface area contributed by atoms with Crippen LogP contribution >= 0.6 is 22.9 Å². The van der Waals surface area contributed by atoms with E-state index in [0.29, 0.717) is 15.9 Å². The predicted octanol–water partition coefficient (Wildman–Crippen LogP) is 4.65. The zero-order chi connectivity index (χ0) is 18.8. The number of hydrazone groups is 2. The van der Waals surface area contributed by atoms with Gasteiger partial charge in [0.05, 0.1) is 17.1 Å². The molecule has 4 rings (SSSR count). The van der Waals surface area contributed by atoms with Crippen LogP contribution in [-0.2, 0) is 4.79 Å². The van der Waals surface area contributed by atoms with Gasteiger partial charge in [-0.2, -0.15) is 15.2 Å². The largest absolute Gasteiger partial charge is 0.303 e. The molecule has 0 unspecified atom stereocenters. The Hall–Kier alpha value is -3.03. The second-order valence-electron chi connectivity index (χ2n) is 5.76. The second kappa shape index (κ2) is 7.30. The number of carbonyl (C=O) groups excluding carboxylic acids is 1. The highest BCUT2D eigenvalue weighted by Crippen LogP contribution is 2.29. The van der Waals surface area contributed by atoms with Crippen LogP contribution in [0.3, 0.4) is 0 Å². The van der Waals surface area contributed by atoms with Crippen LogP contribution in [0.5, 0.6) is 0 Å². The van der Waals surface area contributed by atoms with Gasteiger partial charge in [0.1, 0.15) is 0 Å². The maximum Gasteiger partial charge on any atom is 0.303 e. The van der Waals surface area contributed by atoms with Crippen molar-refractivity contribution < 1.29 is 4.79 Å². The number of thiazole rings is 1. The normalized spacial score (nSPS) is 15.3. The molecule has 0 saturated carbocycles. The van der Waals surface area contributed by atoms with Crippen molar-refractivity contribution in [2.24, 2.45) is 10.2 Å². The van der Waals surface area contributed by atoms with Gasteiger partial charge in [-0.25, -0.2) is 4.98 Å². The molecule has 1 aliphatic rings. The maximum atomic E-state index is 12.7. The molecule has 3 aromatic rings. The van der Waals surface area contributed by atoms with E-state index in [2.05, 4.69) is 20.6 Å². The Morgan fingerprint density at radius 3 is 2.59 bits per heavy atom. The average Bonchev–Trinajstić information content (AvgIpc) is 3.27. The van der Waals surface area contributed by atoms with Gasteiger partial charge in [0, 0.05) is 16.0 Å². The van der Waals surface area contributed by atoms with Gasteiger partial charge in [0.2, 0.25) is 5.13 Å². The van der Waals surface area contributed by atoms with Gasteiger partial charge in [0.15, 0.2) is 5.71 Å². The topological polar surface area (TPSA) is 70.0 Å². The van der Waals surface area contributed by atoms with Crippen molar-refractivity contribution >= 4 is 51.1 Å². The van der Waals surface area contributed by atoms with Gasteiger partial charge < -0.3 is 0 Å². The fourth-order valence-corrected chi connectivity index (χ4v) is 3.41.